The van der Waals surface area contributed by atoms with E-state index in [1.165, 1.54) is 0 Å². The summed E-state index contributed by atoms with van der Waals surface area (Å²) in [4.78, 5) is 39.3. The van der Waals surface area contributed by atoms with E-state index in [-0.39, 0.29) is 24.6 Å². The van der Waals surface area contributed by atoms with E-state index in [0.717, 1.165) is 24.2 Å². The summed E-state index contributed by atoms with van der Waals surface area (Å²) in [6, 6.07) is 8.82. The number of hydrogen-bond acceptors (Lipinski definition) is 5. The molecule has 2 fully saturated rings. The monoisotopic (exact) mass is 443 g/mol. The molecule has 0 saturated carbocycles. The molecule has 3 heterocycles. The fraction of sp³-hybridized carbons (Fsp3) is 0.455. The SMILES string of the molecule is Cc1cc(OC2CCCN(C(=O)CN3CCN(c4cccc(Cl)c4)C3=O)C2)nc(C)n1. The van der Waals surface area contributed by atoms with Gasteiger partial charge in [-0.15, -0.1) is 0 Å². The number of hydrogen-bond donors (Lipinski definition) is 0. The van der Waals surface area contributed by atoms with Gasteiger partial charge >= 0.3 is 6.03 Å². The van der Waals surface area contributed by atoms with Gasteiger partial charge in [-0.2, -0.15) is 4.98 Å². The zero-order valence-electron chi connectivity index (χ0n) is 17.8. The topological polar surface area (TPSA) is 78.9 Å². The second-order valence-electron chi connectivity index (χ2n) is 7.95. The molecule has 1 atom stereocenters. The summed E-state index contributed by atoms with van der Waals surface area (Å²) in [7, 11) is 0. The van der Waals surface area contributed by atoms with Gasteiger partial charge in [-0.3, -0.25) is 9.69 Å². The lowest BCUT2D eigenvalue weighted by molar-refractivity contribution is -0.134. The lowest BCUT2D eigenvalue weighted by Crippen LogP contribution is -2.48. The number of piperidine rings is 1. The van der Waals surface area contributed by atoms with Crippen LogP contribution in [-0.4, -0.2) is 70.5 Å². The number of amides is 3. The van der Waals surface area contributed by atoms with E-state index < -0.39 is 0 Å². The Balaban J connectivity index is 1.34. The number of carbonyl (C=O) groups excluding carboxylic acids is 2. The molecule has 2 aliphatic rings. The molecule has 8 nitrogen and oxygen atoms in total. The number of aryl methyl sites for hydroxylation is 2. The van der Waals surface area contributed by atoms with Gasteiger partial charge in [-0.05, 0) is 44.9 Å². The fourth-order valence-electron chi connectivity index (χ4n) is 4.05. The van der Waals surface area contributed by atoms with Crippen LogP contribution in [0.15, 0.2) is 30.3 Å². The summed E-state index contributed by atoms with van der Waals surface area (Å²) in [5, 5.41) is 0.577. The van der Waals surface area contributed by atoms with E-state index >= 15 is 0 Å². The van der Waals surface area contributed by atoms with Gasteiger partial charge in [0.1, 0.15) is 18.5 Å². The molecule has 31 heavy (non-hydrogen) atoms. The first kappa shape index (κ1) is 21.4. The summed E-state index contributed by atoms with van der Waals surface area (Å²) in [5.74, 6) is 1.14. The minimum atomic E-state index is -0.174. The molecule has 3 amide bonds. The molecular formula is C22H26ClN5O3. The average Bonchev–Trinajstić information content (AvgIpc) is 3.07. The largest absolute Gasteiger partial charge is 0.472 e. The summed E-state index contributed by atoms with van der Waals surface area (Å²) in [6.45, 7) is 5.99. The van der Waals surface area contributed by atoms with Gasteiger partial charge < -0.3 is 14.5 Å². The van der Waals surface area contributed by atoms with E-state index in [1.807, 2.05) is 26.0 Å². The summed E-state index contributed by atoms with van der Waals surface area (Å²) < 4.78 is 6.03. The third kappa shape index (κ3) is 5.07. The zero-order chi connectivity index (χ0) is 22.0. The maximum Gasteiger partial charge on any atom is 0.325 e. The molecule has 164 valence electrons. The van der Waals surface area contributed by atoms with Crippen molar-refractivity contribution < 1.29 is 14.3 Å². The smallest absolute Gasteiger partial charge is 0.325 e. The van der Waals surface area contributed by atoms with Crippen LogP contribution in [0.1, 0.15) is 24.4 Å². The number of anilines is 1. The minimum absolute atomic E-state index is 0.0638. The molecular weight excluding hydrogens is 418 g/mol. The van der Waals surface area contributed by atoms with Crippen LogP contribution in [0.25, 0.3) is 0 Å². The van der Waals surface area contributed by atoms with E-state index in [4.69, 9.17) is 16.3 Å². The van der Waals surface area contributed by atoms with Gasteiger partial charge in [0.15, 0.2) is 0 Å². The van der Waals surface area contributed by atoms with Crippen LogP contribution in [0, 0.1) is 13.8 Å². The molecule has 2 saturated heterocycles. The second kappa shape index (κ2) is 9.09. The van der Waals surface area contributed by atoms with Crippen LogP contribution < -0.4 is 9.64 Å². The first-order chi connectivity index (χ1) is 14.9. The van der Waals surface area contributed by atoms with E-state index in [2.05, 4.69) is 9.97 Å². The highest BCUT2D eigenvalue weighted by Gasteiger charge is 2.33. The Bertz CT molecular complexity index is 965. The van der Waals surface area contributed by atoms with E-state index in [1.54, 1.807) is 32.9 Å². The van der Waals surface area contributed by atoms with Crippen molar-refractivity contribution in [3.63, 3.8) is 0 Å². The molecule has 0 bridgehead atoms. The average molecular weight is 444 g/mol. The first-order valence-corrected chi connectivity index (χ1v) is 10.9. The number of likely N-dealkylation sites (tertiary alicyclic amines) is 1. The number of benzene rings is 1. The molecule has 2 aliphatic heterocycles. The lowest BCUT2D eigenvalue weighted by Gasteiger charge is -2.33. The molecule has 0 aliphatic carbocycles. The number of urea groups is 1. The number of rotatable bonds is 5. The number of halogens is 1. The Morgan fingerprint density at radius 1 is 1.19 bits per heavy atom. The number of carbonyl (C=O) groups is 2. The molecule has 1 aromatic carbocycles. The van der Waals surface area contributed by atoms with Crippen molar-refractivity contribution in [2.75, 3.05) is 37.6 Å². The number of ether oxygens (including phenoxy) is 1. The molecule has 2 aromatic rings. The zero-order valence-corrected chi connectivity index (χ0v) is 18.5. The number of nitrogens with zero attached hydrogens (tertiary/aromatic N) is 5. The summed E-state index contributed by atoms with van der Waals surface area (Å²) in [5.41, 5.74) is 1.59. The molecule has 9 heteroatoms. The van der Waals surface area contributed by atoms with Crippen LogP contribution >= 0.6 is 11.6 Å². The number of aromatic nitrogens is 2. The molecule has 0 spiro atoms. The Morgan fingerprint density at radius 3 is 2.81 bits per heavy atom. The van der Waals surface area contributed by atoms with Crippen LogP contribution in [0.5, 0.6) is 5.88 Å². The van der Waals surface area contributed by atoms with Crippen molar-refractivity contribution in [1.82, 2.24) is 19.8 Å². The molecule has 1 unspecified atom stereocenters. The summed E-state index contributed by atoms with van der Waals surface area (Å²) in [6.07, 6.45) is 1.59. The van der Waals surface area contributed by atoms with Gasteiger partial charge in [0.25, 0.3) is 0 Å². The standard InChI is InChI=1S/C22H26ClN5O3/c1-15-11-20(25-16(2)24-15)31-19-7-4-8-26(13-19)21(29)14-27-9-10-28(22(27)30)18-6-3-5-17(23)12-18/h3,5-6,11-12,19H,4,7-10,13-14H2,1-2H3. The fourth-order valence-corrected chi connectivity index (χ4v) is 4.24. The van der Waals surface area contributed by atoms with Crippen molar-refractivity contribution in [1.29, 1.82) is 0 Å². The highest BCUT2D eigenvalue weighted by molar-refractivity contribution is 6.30. The molecule has 1 aromatic heterocycles. The molecule has 0 N–H and O–H groups in total. The van der Waals surface area contributed by atoms with Crippen molar-refractivity contribution in [2.24, 2.45) is 0 Å². The predicted octanol–water partition coefficient (Wildman–Crippen LogP) is 3.06. The van der Waals surface area contributed by atoms with E-state index in [0.29, 0.717) is 42.9 Å². The van der Waals surface area contributed by atoms with Crippen LogP contribution in [0.4, 0.5) is 10.5 Å². The van der Waals surface area contributed by atoms with Crippen LogP contribution in [0.3, 0.4) is 0 Å². The quantitative estimate of drug-likeness (QED) is 0.709. The third-order valence-corrected chi connectivity index (χ3v) is 5.74. The van der Waals surface area contributed by atoms with Crippen molar-refractivity contribution in [3.8, 4) is 5.88 Å². The summed E-state index contributed by atoms with van der Waals surface area (Å²) >= 11 is 6.05. The maximum atomic E-state index is 12.9. The van der Waals surface area contributed by atoms with Crippen molar-refractivity contribution >= 4 is 29.2 Å². The normalized spacial score (nSPS) is 19.1. The Kier molecular flexibility index (Phi) is 6.27. The first-order valence-electron chi connectivity index (χ1n) is 10.5. The van der Waals surface area contributed by atoms with Gasteiger partial charge in [0, 0.05) is 42.1 Å². The minimum Gasteiger partial charge on any atom is -0.472 e. The van der Waals surface area contributed by atoms with Gasteiger partial charge in [-0.25, -0.2) is 9.78 Å². The maximum absolute atomic E-state index is 12.9. The van der Waals surface area contributed by atoms with Crippen molar-refractivity contribution in [3.05, 3.63) is 46.9 Å². The van der Waals surface area contributed by atoms with Crippen LogP contribution in [-0.2, 0) is 4.79 Å². The van der Waals surface area contributed by atoms with E-state index in [9.17, 15) is 9.59 Å². The highest BCUT2D eigenvalue weighted by Crippen LogP contribution is 2.24. The Hall–Kier alpha value is -2.87. The van der Waals surface area contributed by atoms with Gasteiger partial charge in [-0.1, -0.05) is 17.7 Å². The van der Waals surface area contributed by atoms with Gasteiger partial charge in [0.2, 0.25) is 11.8 Å². The van der Waals surface area contributed by atoms with Gasteiger partial charge in [0.05, 0.1) is 6.54 Å². The molecule has 4 rings (SSSR count). The van der Waals surface area contributed by atoms with Crippen molar-refractivity contribution in [2.45, 2.75) is 32.8 Å². The Labute approximate surface area is 186 Å². The third-order valence-electron chi connectivity index (χ3n) is 5.50. The highest BCUT2D eigenvalue weighted by atomic mass is 35.5. The second-order valence-corrected chi connectivity index (χ2v) is 8.39. The Morgan fingerprint density at radius 2 is 2.03 bits per heavy atom. The predicted molar refractivity (Wildman–Crippen MR) is 118 cm³/mol. The van der Waals surface area contributed by atoms with Crippen LogP contribution in [0.2, 0.25) is 5.02 Å². The lowest BCUT2D eigenvalue weighted by atomic mass is 10.1. The molecule has 0 radical (unpaired) electrons.